The van der Waals surface area contributed by atoms with Crippen molar-refractivity contribution in [2.24, 2.45) is 0 Å². The van der Waals surface area contributed by atoms with Crippen molar-refractivity contribution in [1.82, 2.24) is 0 Å². The molecule has 6 aromatic carbocycles. The molecule has 1 heterocycles. The van der Waals surface area contributed by atoms with Gasteiger partial charge in [-0.25, -0.2) is 0 Å². The second kappa shape index (κ2) is 12.4. The first-order chi connectivity index (χ1) is 22.8. The summed E-state index contributed by atoms with van der Waals surface area (Å²) in [6, 6.07) is 55.1. The normalized spacial score (nSPS) is 15.0. The summed E-state index contributed by atoms with van der Waals surface area (Å²) in [5.74, 6) is 0. The van der Waals surface area contributed by atoms with Gasteiger partial charge in [-0.05, 0) is 77.6 Å². The van der Waals surface area contributed by atoms with Gasteiger partial charge in [-0.1, -0.05) is 135 Å². The van der Waals surface area contributed by atoms with Crippen molar-refractivity contribution in [3.05, 3.63) is 163 Å². The van der Waals surface area contributed by atoms with E-state index in [1.54, 1.807) is 0 Å². The fourth-order valence-corrected chi connectivity index (χ4v) is 7.67. The minimum absolute atomic E-state index is 0.0511. The van der Waals surface area contributed by atoms with Gasteiger partial charge in [0.2, 0.25) is 0 Å². The van der Waals surface area contributed by atoms with Crippen molar-refractivity contribution in [3.63, 3.8) is 0 Å². The first-order valence-corrected chi connectivity index (χ1v) is 16.8. The maximum absolute atomic E-state index is 6.35. The van der Waals surface area contributed by atoms with Crippen molar-refractivity contribution in [3.8, 4) is 11.1 Å². The topological polar surface area (TPSA) is 16.4 Å². The van der Waals surface area contributed by atoms with Crippen molar-refractivity contribution in [2.45, 2.75) is 50.4 Å². The summed E-state index contributed by atoms with van der Waals surface area (Å²) in [7, 11) is 0. The molecule has 8 rings (SSSR count). The molecule has 1 aliphatic rings. The molecule has 2 nitrogen and oxygen atoms in total. The van der Waals surface area contributed by atoms with Crippen molar-refractivity contribution < 1.29 is 4.42 Å². The molecule has 0 N–H and O–H groups in total. The van der Waals surface area contributed by atoms with E-state index in [2.05, 4.69) is 144 Å². The minimum atomic E-state index is 0.0511. The number of para-hydroxylation sites is 1. The van der Waals surface area contributed by atoms with Crippen LogP contribution in [0.15, 0.2) is 156 Å². The Morgan fingerprint density at radius 1 is 0.413 bits per heavy atom. The van der Waals surface area contributed by atoms with Crippen molar-refractivity contribution in [2.75, 3.05) is 4.90 Å². The summed E-state index contributed by atoms with van der Waals surface area (Å²) >= 11 is 0. The van der Waals surface area contributed by atoms with Crippen LogP contribution in [0, 0.1) is 0 Å². The lowest BCUT2D eigenvalue weighted by molar-refractivity contribution is 0.366. The lowest BCUT2D eigenvalue weighted by atomic mass is 9.67. The van der Waals surface area contributed by atoms with Gasteiger partial charge >= 0.3 is 0 Å². The van der Waals surface area contributed by atoms with Gasteiger partial charge in [0, 0.05) is 39.3 Å². The van der Waals surface area contributed by atoms with E-state index < -0.39 is 0 Å². The molecule has 0 saturated heterocycles. The van der Waals surface area contributed by atoms with Gasteiger partial charge in [0.15, 0.2) is 0 Å². The monoisotopic (exact) mass is 597 g/mol. The molecule has 7 aromatic rings. The Morgan fingerprint density at radius 2 is 0.935 bits per heavy atom. The number of hydrogen-bond donors (Lipinski definition) is 0. The average molecular weight is 598 g/mol. The van der Waals surface area contributed by atoms with Crippen LogP contribution < -0.4 is 4.90 Å². The quantitative estimate of drug-likeness (QED) is 0.190. The van der Waals surface area contributed by atoms with E-state index in [0.29, 0.717) is 0 Å². The van der Waals surface area contributed by atoms with E-state index in [1.807, 2.05) is 12.1 Å². The first-order valence-electron chi connectivity index (χ1n) is 16.8. The SMILES string of the molecule is c1ccc(-c2ccc(N(c3ccc(C4(c5ccccc5)CCCCCCC4)cc3)c3ccc4c(c3)oc3ccccc34)cc2)cc1. The highest BCUT2D eigenvalue weighted by Crippen LogP contribution is 2.45. The summed E-state index contributed by atoms with van der Waals surface area (Å²) in [4.78, 5) is 2.36. The second-order valence-corrected chi connectivity index (χ2v) is 12.8. The van der Waals surface area contributed by atoms with Crippen LogP contribution in [0.4, 0.5) is 17.1 Å². The number of anilines is 3. The lowest BCUT2D eigenvalue weighted by Crippen LogP contribution is -2.29. The Bertz CT molecular complexity index is 2050. The highest BCUT2D eigenvalue weighted by molar-refractivity contribution is 6.06. The van der Waals surface area contributed by atoms with Crippen LogP contribution in [-0.2, 0) is 5.41 Å². The van der Waals surface area contributed by atoms with Gasteiger partial charge in [0.1, 0.15) is 11.2 Å². The predicted octanol–water partition coefficient (Wildman–Crippen LogP) is 12.8. The zero-order chi connectivity index (χ0) is 30.8. The van der Waals surface area contributed by atoms with E-state index >= 15 is 0 Å². The number of furan rings is 1. The summed E-state index contributed by atoms with van der Waals surface area (Å²) in [5, 5.41) is 2.29. The Hall–Kier alpha value is -5.08. The molecular weight excluding hydrogens is 558 g/mol. The average Bonchev–Trinajstić information content (AvgIpc) is 3.48. The van der Waals surface area contributed by atoms with E-state index in [4.69, 9.17) is 4.42 Å². The standard InChI is InChI=1S/C44H39NO/c1-2-12-30-44(31-13-3-1,35-16-8-5-9-17-35)36-22-26-38(27-23-36)45(37-24-20-34(21-25-37)33-14-6-4-7-15-33)39-28-29-41-40-18-10-11-19-42(40)46-43(41)32-39/h4-11,14-29,32H,1-3,12-13,30-31H2. The van der Waals surface area contributed by atoms with Crippen LogP contribution in [0.1, 0.15) is 56.1 Å². The number of benzene rings is 6. The third-order valence-corrected chi connectivity index (χ3v) is 10.1. The maximum Gasteiger partial charge on any atom is 0.137 e. The van der Waals surface area contributed by atoms with E-state index in [9.17, 15) is 0 Å². The molecule has 0 unspecified atom stereocenters. The number of fused-ring (bicyclic) bond motifs is 3. The minimum Gasteiger partial charge on any atom is -0.456 e. The zero-order valence-corrected chi connectivity index (χ0v) is 26.2. The van der Waals surface area contributed by atoms with Crippen LogP contribution >= 0.6 is 0 Å². The molecule has 46 heavy (non-hydrogen) atoms. The molecule has 0 aliphatic heterocycles. The van der Waals surface area contributed by atoms with Gasteiger partial charge in [-0.3, -0.25) is 0 Å². The fraction of sp³-hybridized carbons (Fsp3) is 0.182. The highest BCUT2D eigenvalue weighted by Gasteiger charge is 2.34. The summed E-state index contributed by atoms with van der Waals surface area (Å²) < 4.78 is 6.35. The third-order valence-electron chi connectivity index (χ3n) is 10.1. The molecule has 1 aromatic heterocycles. The van der Waals surface area contributed by atoms with E-state index in [-0.39, 0.29) is 5.41 Å². The lowest BCUT2D eigenvalue weighted by Gasteiger charge is -2.37. The highest BCUT2D eigenvalue weighted by atomic mass is 16.3. The Morgan fingerprint density at radius 3 is 1.65 bits per heavy atom. The smallest absolute Gasteiger partial charge is 0.137 e. The van der Waals surface area contributed by atoms with Crippen molar-refractivity contribution in [1.29, 1.82) is 0 Å². The van der Waals surface area contributed by atoms with Gasteiger partial charge in [0.25, 0.3) is 0 Å². The molecule has 0 amide bonds. The summed E-state index contributed by atoms with van der Waals surface area (Å²) in [6.45, 7) is 0. The van der Waals surface area contributed by atoms with Crippen LogP contribution in [0.5, 0.6) is 0 Å². The Labute approximate surface area is 271 Å². The molecule has 0 atom stereocenters. The van der Waals surface area contributed by atoms with Gasteiger partial charge in [-0.15, -0.1) is 0 Å². The van der Waals surface area contributed by atoms with Gasteiger partial charge in [-0.2, -0.15) is 0 Å². The van der Waals surface area contributed by atoms with Crippen LogP contribution in [-0.4, -0.2) is 0 Å². The molecule has 2 heteroatoms. The molecule has 226 valence electrons. The Kier molecular flexibility index (Phi) is 7.64. The molecule has 0 radical (unpaired) electrons. The molecule has 1 saturated carbocycles. The number of hydrogen-bond acceptors (Lipinski definition) is 2. The zero-order valence-electron chi connectivity index (χ0n) is 26.2. The van der Waals surface area contributed by atoms with Crippen LogP contribution in [0.3, 0.4) is 0 Å². The van der Waals surface area contributed by atoms with Crippen molar-refractivity contribution >= 4 is 39.0 Å². The summed E-state index contributed by atoms with van der Waals surface area (Å²) in [6.07, 6.45) is 8.94. The van der Waals surface area contributed by atoms with Gasteiger partial charge < -0.3 is 9.32 Å². The maximum atomic E-state index is 6.35. The van der Waals surface area contributed by atoms with Crippen LogP contribution in [0.25, 0.3) is 33.1 Å². The number of nitrogens with zero attached hydrogens (tertiary/aromatic N) is 1. The van der Waals surface area contributed by atoms with Gasteiger partial charge in [0.05, 0.1) is 0 Å². The molecule has 1 fully saturated rings. The third kappa shape index (κ3) is 5.28. The van der Waals surface area contributed by atoms with E-state index in [0.717, 1.165) is 39.0 Å². The van der Waals surface area contributed by atoms with Crippen LogP contribution in [0.2, 0.25) is 0 Å². The molecule has 0 bridgehead atoms. The predicted molar refractivity (Wildman–Crippen MR) is 193 cm³/mol. The number of rotatable bonds is 6. The molecule has 0 spiro atoms. The molecule has 1 aliphatic carbocycles. The fourth-order valence-electron chi connectivity index (χ4n) is 7.67. The first kappa shape index (κ1) is 28.4. The summed E-state index contributed by atoms with van der Waals surface area (Å²) in [5.41, 5.74) is 10.5. The Balaban J connectivity index is 1.23. The van der Waals surface area contributed by atoms with E-state index in [1.165, 1.54) is 67.2 Å². The molecular formula is C44H39NO. The second-order valence-electron chi connectivity index (χ2n) is 12.8. The largest absolute Gasteiger partial charge is 0.456 e.